The molecule has 0 unspecified atom stereocenters. The fraction of sp³-hybridized carbons (Fsp3) is 0.130. The van der Waals surface area contributed by atoms with Crippen LogP contribution in [-0.4, -0.2) is 13.1 Å². The minimum atomic E-state index is -0.400. The number of carbonyl (C=O) groups is 1. The number of nitrogens with zero attached hydrogens (tertiary/aromatic N) is 1. The molecular weight excluding hydrogens is 338 g/mol. The molecule has 134 valence electrons. The molecule has 0 bridgehead atoms. The quantitative estimate of drug-likeness (QED) is 0.479. The molecule has 27 heavy (non-hydrogen) atoms. The number of esters is 1. The molecule has 3 rings (SSSR count). The summed E-state index contributed by atoms with van der Waals surface area (Å²) in [6, 6.07) is 24.0. The summed E-state index contributed by atoms with van der Waals surface area (Å²) >= 11 is 0. The first-order chi connectivity index (χ1) is 13.2. The van der Waals surface area contributed by atoms with Gasteiger partial charge in [0.05, 0.1) is 24.3 Å². The predicted octanol–water partition coefficient (Wildman–Crippen LogP) is 4.57. The largest absolute Gasteiger partial charge is 0.497 e. The molecule has 3 aromatic rings. The van der Waals surface area contributed by atoms with Crippen LogP contribution in [0.2, 0.25) is 0 Å². The Morgan fingerprint density at radius 2 is 1.33 bits per heavy atom. The van der Waals surface area contributed by atoms with E-state index in [-0.39, 0.29) is 0 Å². The number of carbonyl (C=O) groups excluding carboxylic acids is 1. The number of nitriles is 1. The monoisotopic (exact) mass is 357 g/mol. The van der Waals surface area contributed by atoms with Gasteiger partial charge in [-0.15, -0.1) is 0 Å². The molecule has 0 radical (unpaired) electrons. The van der Waals surface area contributed by atoms with E-state index in [0.717, 1.165) is 18.4 Å². The van der Waals surface area contributed by atoms with Crippen LogP contribution in [0.15, 0.2) is 72.8 Å². The summed E-state index contributed by atoms with van der Waals surface area (Å²) in [6.07, 6.45) is 1.76. The average Bonchev–Trinajstić information content (AvgIpc) is 2.73. The maximum absolute atomic E-state index is 12.2. The van der Waals surface area contributed by atoms with Gasteiger partial charge in [0.2, 0.25) is 0 Å². The highest BCUT2D eigenvalue weighted by Crippen LogP contribution is 2.17. The molecule has 0 aromatic heterocycles. The Balaban J connectivity index is 1.56. The first kappa shape index (κ1) is 18.2. The van der Waals surface area contributed by atoms with Crippen LogP contribution >= 0.6 is 0 Å². The van der Waals surface area contributed by atoms with Crippen molar-refractivity contribution in [1.82, 2.24) is 0 Å². The van der Waals surface area contributed by atoms with Crippen LogP contribution < -0.4 is 9.47 Å². The normalized spacial score (nSPS) is 10.1. The van der Waals surface area contributed by atoms with Gasteiger partial charge in [-0.3, -0.25) is 0 Å². The van der Waals surface area contributed by atoms with E-state index in [9.17, 15) is 4.79 Å². The Morgan fingerprint density at radius 1 is 0.815 bits per heavy atom. The van der Waals surface area contributed by atoms with E-state index in [1.54, 1.807) is 43.5 Å². The van der Waals surface area contributed by atoms with Gasteiger partial charge < -0.3 is 9.47 Å². The molecular formula is C23H19NO3. The highest BCUT2D eigenvalue weighted by Gasteiger charge is 2.08. The third-order valence-corrected chi connectivity index (χ3v) is 4.25. The Hall–Kier alpha value is -3.58. The van der Waals surface area contributed by atoms with Crippen molar-refractivity contribution in [2.75, 3.05) is 7.11 Å². The Kier molecular flexibility index (Phi) is 5.86. The lowest BCUT2D eigenvalue weighted by Gasteiger charge is -2.07. The minimum absolute atomic E-state index is 0.400. The molecule has 0 heterocycles. The SMILES string of the molecule is COc1ccc(C(=O)Oc2ccc(CCc3ccc(C#N)cc3)cc2)cc1. The molecule has 4 nitrogen and oxygen atoms in total. The summed E-state index contributed by atoms with van der Waals surface area (Å²) in [5.74, 6) is 0.805. The standard InChI is InChI=1S/C23H19NO3/c1-26-21-14-10-20(11-15-21)23(25)27-22-12-8-18(9-13-22)3-2-17-4-6-19(16-24)7-5-17/h4-15H,2-3H2,1H3. The third kappa shape index (κ3) is 4.96. The zero-order valence-electron chi connectivity index (χ0n) is 15.0. The van der Waals surface area contributed by atoms with Crippen LogP contribution in [0.3, 0.4) is 0 Å². The number of ether oxygens (including phenoxy) is 2. The second-order valence-electron chi connectivity index (χ2n) is 6.07. The first-order valence-electron chi connectivity index (χ1n) is 8.62. The molecule has 0 N–H and O–H groups in total. The van der Waals surface area contributed by atoms with Gasteiger partial charge in [0.15, 0.2) is 0 Å². The molecule has 0 aliphatic heterocycles. The van der Waals surface area contributed by atoms with Crippen molar-refractivity contribution in [3.05, 3.63) is 95.1 Å². The lowest BCUT2D eigenvalue weighted by Crippen LogP contribution is -2.08. The Bertz CT molecular complexity index is 937. The smallest absolute Gasteiger partial charge is 0.343 e. The van der Waals surface area contributed by atoms with Crippen LogP contribution in [0.4, 0.5) is 0 Å². The number of methoxy groups -OCH3 is 1. The van der Waals surface area contributed by atoms with Crippen molar-refractivity contribution in [2.45, 2.75) is 12.8 Å². The molecule has 0 spiro atoms. The highest BCUT2D eigenvalue weighted by molar-refractivity contribution is 5.91. The summed E-state index contributed by atoms with van der Waals surface area (Å²) in [6.45, 7) is 0. The molecule has 3 aromatic carbocycles. The van der Waals surface area contributed by atoms with E-state index in [1.807, 2.05) is 36.4 Å². The summed E-state index contributed by atoms with van der Waals surface area (Å²) in [5.41, 5.74) is 3.48. The predicted molar refractivity (Wildman–Crippen MR) is 103 cm³/mol. The van der Waals surface area contributed by atoms with Gasteiger partial charge in [-0.25, -0.2) is 4.79 Å². The van der Waals surface area contributed by atoms with Crippen LogP contribution in [0.25, 0.3) is 0 Å². The van der Waals surface area contributed by atoms with E-state index >= 15 is 0 Å². The minimum Gasteiger partial charge on any atom is -0.497 e. The van der Waals surface area contributed by atoms with E-state index in [2.05, 4.69) is 6.07 Å². The summed E-state index contributed by atoms with van der Waals surface area (Å²) in [5, 5.41) is 8.83. The Labute approximate surface area is 158 Å². The Morgan fingerprint density at radius 3 is 1.85 bits per heavy atom. The van der Waals surface area contributed by atoms with Crippen molar-refractivity contribution in [3.8, 4) is 17.6 Å². The molecule has 0 saturated heterocycles. The van der Waals surface area contributed by atoms with E-state index < -0.39 is 5.97 Å². The maximum atomic E-state index is 12.2. The highest BCUT2D eigenvalue weighted by atomic mass is 16.5. The van der Waals surface area contributed by atoms with Crippen LogP contribution in [0.5, 0.6) is 11.5 Å². The number of aryl methyl sites for hydroxylation is 2. The molecule has 4 heteroatoms. The van der Waals surface area contributed by atoms with Crippen molar-refractivity contribution in [3.63, 3.8) is 0 Å². The topological polar surface area (TPSA) is 59.3 Å². The molecule has 0 amide bonds. The lowest BCUT2D eigenvalue weighted by molar-refractivity contribution is 0.0734. The van der Waals surface area contributed by atoms with Crippen molar-refractivity contribution in [2.24, 2.45) is 0 Å². The van der Waals surface area contributed by atoms with Crippen LogP contribution in [0, 0.1) is 11.3 Å². The fourth-order valence-corrected chi connectivity index (χ4v) is 2.65. The molecule has 0 atom stereocenters. The second-order valence-corrected chi connectivity index (χ2v) is 6.07. The first-order valence-corrected chi connectivity index (χ1v) is 8.62. The van der Waals surface area contributed by atoms with Crippen LogP contribution in [-0.2, 0) is 12.8 Å². The molecule has 0 aliphatic carbocycles. The van der Waals surface area contributed by atoms with Crippen molar-refractivity contribution >= 4 is 5.97 Å². The number of rotatable bonds is 6. The van der Waals surface area contributed by atoms with E-state index in [4.69, 9.17) is 14.7 Å². The number of hydrogen-bond acceptors (Lipinski definition) is 4. The summed E-state index contributed by atoms with van der Waals surface area (Å²) in [4.78, 5) is 12.2. The third-order valence-electron chi connectivity index (χ3n) is 4.25. The summed E-state index contributed by atoms with van der Waals surface area (Å²) < 4.78 is 10.5. The van der Waals surface area contributed by atoms with Gasteiger partial charge >= 0.3 is 5.97 Å². The van der Waals surface area contributed by atoms with Gasteiger partial charge in [-0.2, -0.15) is 5.26 Å². The van der Waals surface area contributed by atoms with Gasteiger partial charge in [0.1, 0.15) is 11.5 Å². The van der Waals surface area contributed by atoms with Crippen molar-refractivity contribution < 1.29 is 14.3 Å². The second kappa shape index (κ2) is 8.68. The van der Waals surface area contributed by atoms with Gasteiger partial charge in [0, 0.05) is 0 Å². The van der Waals surface area contributed by atoms with Gasteiger partial charge in [-0.05, 0) is 72.5 Å². The van der Waals surface area contributed by atoms with Crippen molar-refractivity contribution in [1.29, 1.82) is 5.26 Å². The van der Waals surface area contributed by atoms with E-state index in [0.29, 0.717) is 22.6 Å². The zero-order valence-corrected chi connectivity index (χ0v) is 15.0. The zero-order chi connectivity index (χ0) is 19.1. The average molecular weight is 357 g/mol. The van der Waals surface area contributed by atoms with Gasteiger partial charge in [-0.1, -0.05) is 24.3 Å². The maximum Gasteiger partial charge on any atom is 0.343 e. The van der Waals surface area contributed by atoms with Gasteiger partial charge in [0.25, 0.3) is 0 Å². The number of hydrogen-bond donors (Lipinski definition) is 0. The number of benzene rings is 3. The summed E-state index contributed by atoms with van der Waals surface area (Å²) in [7, 11) is 1.58. The fourth-order valence-electron chi connectivity index (χ4n) is 2.65. The molecule has 0 fully saturated rings. The molecule has 0 saturated carbocycles. The lowest BCUT2D eigenvalue weighted by atomic mass is 10.0. The van der Waals surface area contributed by atoms with E-state index in [1.165, 1.54) is 5.56 Å². The molecule has 0 aliphatic rings. The van der Waals surface area contributed by atoms with Crippen LogP contribution in [0.1, 0.15) is 27.0 Å².